The SMILES string of the molecule is COC1CCN(C2CN(S(=O)(=O)c3c(F)cccc3F)C2)CC1. The lowest BCUT2D eigenvalue weighted by Crippen LogP contribution is -2.62. The summed E-state index contributed by atoms with van der Waals surface area (Å²) in [7, 11) is -2.42. The molecule has 1 aromatic rings. The number of ether oxygens (including phenoxy) is 1. The fourth-order valence-electron chi connectivity index (χ4n) is 3.18. The molecule has 0 N–H and O–H groups in total. The Labute approximate surface area is 134 Å². The first-order valence-corrected chi connectivity index (χ1v) is 9.08. The summed E-state index contributed by atoms with van der Waals surface area (Å²) >= 11 is 0. The molecule has 8 heteroatoms. The molecule has 2 aliphatic heterocycles. The maximum absolute atomic E-state index is 13.7. The van der Waals surface area contributed by atoms with Gasteiger partial charge in [-0.2, -0.15) is 4.31 Å². The highest BCUT2D eigenvalue weighted by Gasteiger charge is 2.42. The van der Waals surface area contributed by atoms with Gasteiger partial charge in [0.2, 0.25) is 10.0 Å². The number of hydrogen-bond acceptors (Lipinski definition) is 4. The molecule has 0 amide bonds. The zero-order valence-electron chi connectivity index (χ0n) is 12.9. The minimum Gasteiger partial charge on any atom is -0.381 e. The van der Waals surface area contributed by atoms with Crippen molar-refractivity contribution in [1.29, 1.82) is 0 Å². The van der Waals surface area contributed by atoms with Gasteiger partial charge in [-0.05, 0) is 25.0 Å². The summed E-state index contributed by atoms with van der Waals surface area (Å²) in [6, 6.07) is 3.19. The summed E-state index contributed by atoms with van der Waals surface area (Å²) < 4.78 is 58.7. The molecule has 0 unspecified atom stereocenters. The fraction of sp³-hybridized carbons (Fsp3) is 0.600. The second kappa shape index (κ2) is 6.43. The largest absolute Gasteiger partial charge is 0.381 e. The monoisotopic (exact) mass is 346 g/mol. The van der Waals surface area contributed by atoms with Gasteiger partial charge < -0.3 is 4.74 Å². The van der Waals surface area contributed by atoms with Gasteiger partial charge in [0.15, 0.2) is 4.90 Å². The molecule has 0 aromatic heterocycles. The number of rotatable bonds is 4. The van der Waals surface area contributed by atoms with E-state index >= 15 is 0 Å². The summed E-state index contributed by atoms with van der Waals surface area (Å²) in [5, 5.41) is 0. The smallest absolute Gasteiger partial charge is 0.249 e. The highest BCUT2D eigenvalue weighted by Crippen LogP contribution is 2.29. The molecule has 2 heterocycles. The van der Waals surface area contributed by atoms with Crippen LogP contribution in [-0.2, 0) is 14.8 Å². The Morgan fingerprint density at radius 1 is 1.13 bits per heavy atom. The average molecular weight is 346 g/mol. The van der Waals surface area contributed by atoms with Crippen LogP contribution in [-0.4, -0.2) is 63.1 Å². The quantitative estimate of drug-likeness (QED) is 0.828. The Balaban J connectivity index is 1.65. The molecule has 23 heavy (non-hydrogen) atoms. The minimum absolute atomic E-state index is 0.109. The Bertz CT molecular complexity index is 649. The third-order valence-corrected chi connectivity index (χ3v) is 6.56. The van der Waals surface area contributed by atoms with E-state index in [2.05, 4.69) is 4.90 Å². The normalized spacial score (nSPS) is 22.2. The van der Waals surface area contributed by atoms with Crippen molar-refractivity contribution in [3.05, 3.63) is 29.8 Å². The van der Waals surface area contributed by atoms with Gasteiger partial charge >= 0.3 is 0 Å². The number of hydrogen-bond donors (Lipinski definition) is 0. The second-order valence-electron chi connectivity index (χ2n) is 6.00. The van der Waals surface area contributed by atoms with Crippen LogP contribution in [0.5, 0.6) is 0 Å². The summed E-state index contributed by atoms with van der Waals surface area (Å²) in [6.45, 7) is 2.25. The molecule has 0 radical (unpaired) electrons. The van der Waals surface area contributed by atoms with E-state index in [-0.39, 0.29) is 25.2 Å². The van der Waals surface area contributed by atoms with E-state index in [9.17, 15) is 17.2 Å². The summed E-state index contributed by atoms with van der Waals surface area (Å²) in [5.41, 5.74) is 0. The zero-order valence-corrected chi connectivity index (χ0v) is 13.7. The second-order valence-corrected chi connectivity index (χ2v) is 7.87. The van der Waals surface area contributed by atoms with Crippen LogP contribution in [0.15, 0.2) is 23.1 Å². The molecule has 3 rings (SSSR count). The number of nitrogens with zero attached hydrogens (tertiary/aromatic N) is 2. The van der Waals surface area contributed by atoms with E-state index in [1.807, 2.05) is 0 Å². The first-order valence-electron chi connectivity index (χ1n) is 7.64. The molecule has 0 saturated carbocycles. The molecule has 2 aliphatic rings. The van der Waals surface area contributed by atoms with Gasteiger partial charge in [-0.3, -0.25) is 4.90 Å². The molecule has 0 spiro atoms. The highest BCUT2D eigenvalue weighted by molar-refractivity contribution is 7.89. The molecule has 2 fully saturated rings. The fourth-order valence-corrected chi connectivity index (χ4v) is 4.80. The predicted octanol–water partition coefficient (Wildman–Crippen LogP) is 1.45. The molecule has 2 saturated heterocycles. The standard InChI is InChI=1S/C15H20F2N2O3S/c1-22-12-5-7-18(8-6-12)11-9-19(10-11)23(20,21)15-13(16)3-2-4-14(15)17/h2-4,11-12H,5-10H2,1H3. The van der Waals surface area contributed by atoms with E-state index in [4.69, 9.17) is 4.74 Å². The molecule has 128 valence electrons. The number of sulfonamides is 1. The first-order chi connectivity index (χ1) is 10.9. The number of piperidine rings is 1. The lowest BCUT2D eigenvalue weighted by atomic mass is 10.0. The molecule has 0 aliphatic carbocycles. The van der Waals surface area contributed by atoms with Crippen molar-refractivity contribution < 1.29 is 21.9 Å². The van der Waals surface area contributed by atoms with Crippen LogP contribution < -0.4 is 0 Å². The zero-order chi connectivity index (χ0) is 16.6. The van der Waals surface area contributed by atoms with Crippen LogP contribution in [0.3, 0.4) is 0 Å². The van der Waals surface area contributed by atoms with Crippen LogP contribution in [0.25, 0.3) is 0 Å². The maximum Gasteiger partial charge on any atom is 0.249 e. The highest BCUT2D eigenvalue weighted by atomic mass is 32.2. The number of likely N-dealkylation sites (tertiary alicyclic amines) is 1. The van der Waals surface area contributed by atoms with E-state index in [0.29, 0.717) is 0 Å². The van der Waals surface area contributed by atoms with Gasteiger partial charge in [0.1, 0.15) is 11.6 Å². The lowest BCUT2D eigenvalue weighted by molar-refractivity contribution is 0.00356. The van der Waals surface area contributed by atoms with Crippen LogP contribution >= 0.6 is 0 Å². The van der Waals surface area contributed by atoms with Crippen molar-refractivity contribution in [2.75, 3.05) is 33.3 Å². The average Bonchev–Trinajstić information content (AvgIpc) is 2.45. The predicted molar refractivity (Wildman–Crippen MR) is 80.5 cm³/mol. The van der Waals surface area contributed by atoms with E-state index in [1.54, 1.807) is 7.11 Å². The van der Waals surface area contributed by atoms with Crippen molar-refractivity contribution in [3.8, 4) is 0 Å². The van der Waals surface area contributed by atoms with Gasteiger partial charge in [-0.1, -0.05) is 6.07 Å². The van der Waals surface area contributed by atoms with Crippen molar-refractivity contribution in [2.45, 2.75) is 29.9 Å². The molecular formula is C15H20F2N2O3S. The lowest BCUT2D eigenvalue weighted by Gasteiger charge is -2.46. The van der Waals surface area contributed by atoms with Crippen LogP contribution in [0.1, 0.15) is 12.8 Å². The number of benzene rings is 1. The van der Waals surface area contributed by atoms with Crippen LogP contribution in [0.2, 0.25) is 0 Å². The van der Waals surface area contributed by atoms with Gasteiger partial charge in [-0.15, -0.1) is 0 Å². The Morgan fingerprint density at radius 3 is 2.22 bits per heavy atom. The Kier molecular flexibility index (Phi) is 4.68. The van der Waals surface area contributed by atoms with Gasteiger partial charge in [-0.25, -0.2) is 17.2 Å². The summed E-state index contributed by atoms with van der Waals surface area (Å²) in [4.78, 5) is 1.37. The molecule has 1 aromatic carbocycles. The van der Waals surface area contributed by atoms with Crippen LogP contribution in [0.4, 0.5) is 8.78 Å². The summed E-state index contributed by atoms with van der Waals surface area (Å²) in [6.07, 6.45) is 2.10. The molecule has 0 atom stereocenters. The van der Waals surface area contributed by atoms with Crippen LogP contribution in [0, 0.1) is 11.6 Å². The van der Waals surface area contributed by atoms with E-state index in [1.165, 1.54) is 0 Å². The Hall–Kier alpha value is -1.09. The van der Waals surface area contributed by atoms with Crippen molar-refractivity contribution in [2.24, 2.45) is 0 Å². The molecular weight excluding hydrogens is 326 g/mol. The molecule has 0 bridgehead atoms. The van der Waals surface area contributed by atoms with Gasteiger partial charge in [0, 0.05) is 39.3 Å². The number of methoxy groups -OCH3 is 1. The molecule has 5 nitrogen and oxygen atoms in total. The third kappa shape index (κ3) is 3.13. The van der Waals surface area contributed by atoms with Crippen molar-refractivity contribution in [1.82, 2.24) is 9.21 Å². The van der Waals surface area contributed by atoms with Gasteiger partial charge in [0.25, 0.3) is 0 Å². The topological polar surface area (TPSA) is 49.9 Å². The maximum atomic E-state index is 13.7. The van der Waals surface area contributed by atoms with E-state index in [0.717, 1.165) is 48.4 Å². The van der Waals surface area contributed by atoms with Crippen molar-refractivity contribution in [3.63, 3.8) is 0 Å². The first kappa shape index (κ1) is 16.8. The van der Waals surface area contributed by atoms with Gasteiger partial charge in [0.05, 0.1) is 6.10 Å². The minimum atomic E-state index is -4.12. The summed E-state index contributed by atoms with van der Waals surface area (Å²) in [5.74, 6) is -2.09. The van der Waals surface area contributed by atoms with E-state index < -0.39 is 26.6 Å². The Morgan fingerprint density at radius 2 is 1.70 bits per heavy atom. The third-order valence-electron chi connectivity index (χ3n) is 4.67. The number of halogens is 2. The van der Waals surface area contributed by atoms with Crippen molar-refractivity contribution >= 4 is 10.0 Å².